The van der Waals surface area contributed by atoms with Crippen molar-refractivity contribution in [3.8, 4) is 5.75 Å². The fraction of sp³-hybridized carbons (Fsp3) is 0.0952. The molecule has 1 heterocycles. The van der Waals surface area contributed by atoms with E-state index in [1.165, 1.54) is 12.1 Å². The van der Waals surface area contributed by atoms with E-state index in [1.807, 2.05) is 41.4 Å². The van der Waals surface area contributed by atoms with E-state index in [0.717, 1.165) is 22.5 Å². The van der Waals surface area contributed by atoms with Crippen LogP contribution < -0.4 is 10.1 Å². The van der Waals surface area contributed by atoms with Crippen LogP contribution in [0.4, 0.5) is 5.69 Å². The van der Waals surface area contributed by atoms with Crippen LogP contribution in [-0.4, -0.2) is 19.2 Å². The first-order valence-corrected chi connectivity index (χ1v) is 10.8. The van der Waals surface area contributed by atoms with Gasteiger partial charge >= 0.3 is 0 Å². The van der Waals surface area contributed by atoms with Crippen molar-refractivity contribution in [3.63, 3.8) is 0 Å². The number of phenols is 1. The number of nitrogens with zero attached hydrogens (tertiary/aromatic N) is 2. The first-order valence-electron chi connectivity index (χ1n) is 8.86. The van der Waals surface area contributed by atoms with E-state index in [-0.39, 0.29) is 16.7 Å². The van der Waals surface area contributed by atoms with E-state index in [1.54, 1.807) is 24.3 Å². The number of hydrogen-bond donors (Lipinski definition) is 2. The molecule has 1 atom stereocenters. The summed E-state index contributed by atoms with van der Waals surface area (Å²) in [4.78, 5) is 0.0474. The van der Waals surface area contributed by atoms with Gasteiger partial charge in [-0.3, -0.25) is 5.01 Å². The molecule has 3 aromatic carbocycles. The van der Waals surface area contributed by atoms with Crippen molar-refractivity contribution in [1.29, 1.82) is 0 Å². The Kier molecular flexibility index (Phi) is 5.04. The lowest BCUT2D eigenvalue weighted by Gasteiger charge is -2.24. The standard InChI is InChI=1S/C21H18ClN3O3S/c22-16-5-1-15(2-6-16)21-13-20(14-3-9-18(26)10-4-14)24-25(21)17-7-11-19(12-8-17)29(23,27)28/h1-12,21,26H,13H2,(H2,23,27,28). The van der Waals surface area contributed by atoms with Gasteiger partial charge in [-0.25, -0.2) is 13.6 Å². The molecule has 3 N–H and O–H groups in total. The molecule has 8 heteroatoms. The number of halogens is 1. The van der Waals surface area contributed by atoms with Crippen LogP contribution in [0, 0.1) is 0 Å². The molecule has 0 aromatic heterocycles. The summed E-state index contributed by atoms with van der Waals surface area (Å²) in [7, 11) is -3.76. The molecule has 3 aromatic rings. The molecule has 0 spiro atoms. The van der Waals surface area contributed by atoms with Crippen molar-refractivity contribution in [2.75, 3.05) is 5.01 Å². The van der Waals surface area contributed by atoms with E-state index in [9.17, 15) is 13.5 Å². The maximum atomic E-state index is 11.6. The summed E-state index contributed by atoms with van der Waals surface area (Å²) in [6.45, 7) is 0. The normalized spacial score (nSPS) is 16.7. The molecular weight excluding hydrogens is 410 g/mol. The van der Waals surface area contributed by atoms with Crippen LogP contribution in [0.15, 0.2) is 82.8 Å². The second-order valence-electron chi connectivity index (χ2n) is 6.75. The second-order valence-corrected chi connectivity index (χ2v) is 8.75. The molecule has 4 rings (SSSR count). The molecular formula is C21H18ClN3O3S. The second kappa shape index (κ2) is 7.51. The van der Waals surface area contributed by atoms with Crippen LogP contribution in [0.5, 0.6) is 5.75 Å². The number of aromatic hydroxyl groups is 1. The summed E-state index contributed by atoms with van der Waals surface area (Å²) in [5, 5.41) is 22.0. The maximum Gasteiger partial charge on any atom is 0.238 e. The summed E-state index contributed by atoms with van der Waals surface area (Å²) in [6, 6.07) is 20.7. The van der Waals surface area contributed by atoms with Crippen molar-refractivity contribution >= 4 is 33.0 Å². The summed E-state index contributed by atoms with van der Waals surface area (Å²) >= 11 is 6.04. The van der Waals surface area contributed by atoms with Crippen LogP contribution in [0.25, 0.3) is 0 Å². The van der Waals surface area contributed by atoms with Crippen molar-refractivity contribution in [2.24, 2.45) is 10.2 Å². The highest BCUT2D eigenvalue weighted by atomic mass is 35.5. The monoisotopic (exact) mass is 427 g/mol. The number of anilines is 1. The summed E-state index contributed by atoms with van der Waals surface area (Å²) in [5.41, 5.74) is 3.54. The zero-order valence-corrected chi connectivity index (χ0v) is 16.8. The average Bonchev–Trinajstić information content (AvgIpc) is 3.14. The van der Waals surface area contributed by atoms with Gasteiger partial charge in [0, 0.05) is 11.4 Å². The van der Waals surface area contributed by atoms with E-state index >= 15 is 0 Å². The molecule has 1 aliphatic rings. The lowest BCUT2D eigenvalue weighted by Crippen LogP contribution is -2.19. The van der Waals surface area contributed by atoms with E-state index in [2.05, 4.69) is 0 Å². The highest BCUT2D eigenvalue weighted by molar-refractivity contribution is 7.89. The summed E-state index contributed by atoms with van der Waals surface area (Å²) < 4.78 is 23.1. The van der Waals surface area contributed by atoms with Gasteiger partial charge in [0.15, 0.2) is 0 Å². The number of rotatable bonds is 4. The third kappa shape index (κ3) is 4.12. The molecule has 1 unspecified atom stereocenters. The highest BCUT2D eigenvalue weighted by Crippen LogP contribution is 2.37. The largest absolute Gasteiger partial charge is 0.508 e. The smallest absolute Gasteiger partial charge is 0.238 e. The van der Waals surface area contributed by atoms with Gasteiger partial charge in [0.25, 0.3) is 0 Å². The van der Waals surface area contributed by atoms with Gasteiger partial charge in [-0.1, -0.05) is 23.7 Å². The van der Waals surface area contributed by atoms with Gasteiger partial charge < -0.3 is 5.11 Å². The fourth-order valence-corrected chi connectivity index (χ4v) is 3.95. The molecule has 148 valence electrons. The zero-order valence-electron chi connectivity index (χ0n) is 15.2. The minimum absolute atomic E-state index is 0.0474. The number of hydrazone groups is 1. The van der Waals surface area contributed by atoms with Crippen LogP contribution >= 0.6 is 11.6 Å². The van der Waals surface area contributed by atoms with E-state index in [0.29, 0.717) is 11.4 Å². The lowest BCUT2D eigenvalue weighted by molar-refractivity contribution is 0.475. The van der Waals surface area contributed by atoms with Crippen LogP contribution in [0.2, 0.25) is 5.02 Å². The molecule has 0 saturated carbocycles. The molecule has 1 aliphatic heterocycles. The lowest BCUT2D eigenvalue weighted by atomic mass is 9.98. The van der Waals surface area contributed by atoms with Gasteiger partial charge in [-0.15, -0.1) is 0 Å². The molecule has 6 nitrogen and oxygen atoms in total. The summed E-state index contributed by atoms with van der Waals surface area (Å²) in [6.07, 6.45) is 0.642. The van der Waals surface area contributed by atoms with Crippen LogP contribution in [-0.2, 0) is 10.0 Å². The fourth-order valence-electron chi connectivity index (χ4n) is 3.31. The Morgan fingerprint density at radius 1 is 0.966 bits per heavy atom. The minimum Gasteiger partial charge on any atom is -0.508 e. The zero-order chi connectivity index (χ0) is 20.6. The predicted molar refractivity (Wildman–Crippen MR) is 114 cm³/mol. The predicted octanol–water partition coefficient (Wildman–Crippen LogP) is 4.05. The topological polar surface area (TPSA) is 96.0 Å². The highest BCUT2D eigenvalue weighted by Gasteiger charge is 2.30. The van der Waals surface area contributed by atoms with Crippen molar-refractivity contribution in [1.82, 2.24) is 0 Å². The van der Waals surface area contributed by atoms with Crippen LogP contribution in [0.1, 0.15) is 23.6 Å². The van der Waals surface area contributed by atoms with Crippen molar-refractivity contribution < 1.29 is 13.5 Å². The molecule has 0 aliphatic carbocycles. The number of sulfonamides is 1. The van der Waals surface area contributed by atoms with Gasteiger partial charge in [0.1, 0.15) is 5.75 Å². The van der Waals surface area contributed by atoms with Gasteiger partial charge in [0.05, 0.1) is 22.3 Å². The number of primary sulfonamides is 1. The van der Waals surface area contributed by atoms with Gasteiger partial charge in [-0.05, 0) is 71.8 Å². The molecule has 29 heavy (non-hydrogen) atoms. The first kappa shape index (κ1) is 19.4. The molecule has 0 saturated heterocycles. The number of benzene rings is 3. The van der Waals surface area contributed by atoms with E-state index in [4.69, 9.17) is 21.8 Å². The number of phenolic OH excluding ortho intramolecular Hbond substituents is 1. The minimum atomic E-state index is -3.76. The number of nitrogens with two attached hydrogens (primary N) is 1. The van der Waals surface area contributed by atoms with Crippen molar-refractivity contribution in [3.05, 3.63) is 88.9 Å². The SMILES string of the molecule is NS(=O)(=O)c1ccc(N2N=C(c3ccc(O)cc3)CC2c2ccc(Cl)cc2)cc1. The molecule has 0 fully saturated rings. The average molecular weight is 428 g/mol. The Morgan fingerprint density at radius 3 is 2.17 bits per heavy atom. The Balaban J connectivity index is 1.74. The first-order chi connectivity index (χ1) is 13.8. The van der Waals surface area contributed by atoms with Crippen molar-refractivity contribution in [2.45, 2.75) is 17.4 Å². The third-order valence-corrected chi connectivity index (χ3v) is 5.98. The Morgan fingerprint density at radius 2 is 1.59 bits per heavy atom. The quantitative estimate of drug-likeness (QED) is 0.656. The van der Waals surface area contributed by atoms with E-state index < -0.39 is 10.0 Å². The third-order valence-electron chi connectivity index (χ3n) is 4.80. The molecule has 0 amide bonds. The van der Waals surface area contributed by atoms with Crippen LogP contribution in [0.3, 0.4) is 0 Å². The maximum absolute atomic E-state index is 11.6. The summed E-state index contributed by atoms with van der Waals surface area (Å²) in [5.74, 6) is 0.192. The Bertz CT molecular complexity index is 1160. The molecule has 0 bridgehead atoms. The number of hydrogen-bond acceptors (Lipinski definition) is 5. The Labute approximate surface area is 173 Å². The Hall–Kier alpha value is -2.87. The van der Waals surface area contributed by atoms with Gasteiger partial charge in [0.2, 0.25) is 10.0 Å². The molecule has 0 radical (unpaired) electrons. The van der Waals surface area contributed by atoms with Gasteiger partial charge in [-0.2, -0.15) is 5.10 Å².